The summed E-state index contributed by atoms with van der Waals surface area (Å²) in [6.45, 7) is 2.07. The summed E-state index contributed by atoms with van der Waals surface area (Å²) in [4.78, 5) is 10.9. The number of rotatable bonds is 4. The van der Waals surface area contributed by atoms with Crippen LogP contribution in [0, 0.1) is 16.3 Å². The highest BCUT2D eigenvalue weighted by Gasteiger charge is 2.09. The monoisotopic (exact) mass is 386 g/mol. The first-order chi connectivity index (χ1) is 9.47. The molecule has 0 heterocycles. The molecule has 20 heavy (non-hydrogen) atoms. The Labute approximate surface area is 129 Å². The van der Waals surface area contributed by atoms with Crippen LogP contribution in [-0.4, -0.2) is 11.1 Å². The van der Waals surface area contributed by atoms with Crippen molar-refractivity contribution in [2.24, 2.45) is 0 Å². The van der Waals surface area contributed by atoms with E-state index < -0.39 is 5.97 Å². The van der Waals surface area contributed by atoms with Crippen LogP contribution in [0.2, 0.25) is 0 Å². The molecule has 2 aromatic rings. The number of aromatic carboxylic acids is 1. The van der Waals surface area contributed by atoms with Crippen molar-refractivity contribution in [2.75, 3.05) is 0 Å². The third-order valence-electron chi connectivity index (χ3n) is 2.87. The van der Waals surface area contributed by atoms with Crippen molar-refractivity contribution >= 4 is 28.6 Å². The Hall–Kier alpha value is -1.63. The van der Waals surface area contributed by atoms with Gasteiger partial charge in [0.05, 0.1) is 9.13 Å². The zero-order chi connectivity index (χ0) is 14.7. The minimum absolute atomic E-state index is 0.163. The maximum Gasteiger partial charge on any atom is 0.335 e. The van der Waals surface area contributed by atoms with E-state index in [9.17, 15) is 9.18 Å². The largest absolute Gasteiger partial charge is 0.488 e. The van der Waals surface area contributed by atoms with Crippen molar-refractivity contribution in [1.29, 1.82) is 0 Å². The Balaban J connectivity index is 2.20. The quantitative estimate of drug-likeness (QED) is 0.808. The Bertz CT molecular complexity index is 656. The fraction of sp³-hybridized carbons (Fsp3) is 0.133. The molecule has 0 aliphatic heterocycles. The molecule has 2 aromatic carbocycles. The molecule has 0 spiro atoms. The van der Waals surface area contributed by atoms with Crippen LogP contribution >= 0.6 is 22.6 Å². The highest BCUT2D eigenvalue weighted by molar-refractivity contribution is 14.1. The number of benzene rings is 2. The minimum atomic E-state index is -1.01. The summed E-state index contributed by atoms with van der Waals surface area (Å²) in [6, 6.07) is 9.17. The predicted octanol–water partition coefficient (Wildman–Crippen LogP) is 4.02. The van der Waals surface area contributed by atoms with Crippen molar-refractivity contribution < 1.29 is 19.0 Å². The fourth-order valence-electron chi connectivity index (χ4n) is 1.70. The molecule has 0 amide bonds. The molecule has 0 radical (unpaired) electrons. The maximum atomic E-state index is 13.2. The molecule has 3 nitrogen and oxygen atoms in total. The van der Waals surface area contributed by atoms with E-state index >= 15 is 0 Å². The lowest BCUT2D eigenvalue weighted by molar-refractivity contribution is 0.0696. The molecular weight excluding hydrogens is 374 g/mol. The normalized spacial score (nSPS) is 10.3. The topological polar surface area (TPSA) is 46.5 Å². The second-order valence-corrected chi connectivity index (χ2v) is 5.47. The summed E-state index contributed by atoms with van der Waals surface area (Å²) in [5, 5.41) is 8.96. The molecule has 0 aromatic heterocycles. The number of carboxylic acid groups (broad SMARTS) is 1. The Morgan fingerprint density at radius 2 is 2.05 bits per heavy atom. The zero-order valence-electron chi connectivity index (χ0n) is 10.7. The smallest absolute Gasteiger partial charge is 0.335 e. The van der Waals surface area contributed by atoms with Gasteiger partial charge < -0.3 is 9.84 Å². The van der Waals surface area contributed by atoms with Crippen LogP contribution in [0.1, 0.15) is 21.5 Å². The van der Waals surface area contributed by atoms with E-state index in [4.69, 9.17) is 9.84 Å². The number of aryl methyl sites for hydroxylation is 1. The predicted molar refractivity (Wildman–Crippen MR) is 81.6 cm³/mol. The van der Waals surface area contributed by atoms with Gasteiger partial charge in [0.2, 0.25) is 0 Å². The maximum absolute atomic E-state index is 13.2. The van der Waals surface area contributed by atoms with Gasteiger partial charge in [-0.1, -0.05) is 6.07 Å². The van der Waals surface area contributed by atoms with Crippen LogP contribution < -0.4 is 4.74 Å². The number of carboxylic acids is 1. The van der Waals surface area contributed by atoms with E-state index in [0.717, 1.165) is 14.7 Å². The Morgan fingerprint density at radius 3 is 2.75 bits per heavy atom. The second-order valence-electron chi connectivity index (χ2n) is 4.31. The van der Waals surface area contributed by atoms with E-state index in [2.05, 4.69) is 22.6 Å². The number of halogens is 2. The summed E-state index contributed by atoms with van der Waals surface area (Å²) >= 11 is 2.07. The van der Waals surface area contributed by atoms with Crippen molar-refractivity contribution in [3.63, 3.8) is 0 Å². The number of carbonyl (C=O) groups is 1. The van der Waals surface area contributed by atoms with Crippen molar-refractivity contribution in [3.05, 3.63) is 62.5 Å². The standard InChI is InChI=1S/C15H12FIO3/c1-9-2-4-12(16)6-11(9)8-20-14-7-10(15(18)19)3-5-13(14)17/h2-7H,8H2,1H3,(H,18,19). The lowest BCUT2D eigenvalue weighted by Gasteiger charge is -2.11. The third kappa shape index (κ3) is 3.47. The van der Waals surface area contributed by atoms with Gasteiger partial charge in [-0.05, 0) is 71.0 Å². The molecule has 0 atom stereocenters. The second kappa shape index (κ2) is 6.21. The van der Waals surface area contributed by atoms with Crippen LogP contribution in [0.25, 0.3) is 0 Å². The first-order valence-corrected chi connectivity index (χ1v) is 6.96. The van der Waals surface area contributed by atoms with Gasteiger partial charge in [-0.2, -0.15) is 0 Å². The summed E-state index contributed by atoms with van der Waals surface area (Å²) in [7, 11) is 0. The van der Waals surface area contributed by atoms with Crippen molar-refractivity contribution in [2.45, 2.75) is 13.5 Å². The molecule has 0 saturated heterocycles. The van der Waals surface area contributed by atoms with Crippen LogP contribution in [-0.2, 0) is 6.61 Å². The first-order valence-electron chi connectivity index (χ1n) is 5.88. The highest BCUT2D eigenvalue weighted by Crippen LogP contribution is 2.24. The molecule has 1 N–H and O–H groups in total. The number of hydrogen-bond acceptors (Lipinski definition) is 2. The fourth-order valence-corrected chi connectivity index (χ4v) is 2.19. The Morgan fingerprint density at radius 1 is 1.30 bits per heavy atom. The van der Waals surface area contributed by atoms with Gasteiger partial charge in [-0.3, -0.25) is 0 Å². The van der Waals surface area contributed by atoms with E-state index in [1.165, 1.54) is 24.3 Å². The molecular formula is C15H12FIO3. The number of hydrogen-bond donors (Lipinski definition) is 1. The molecule has 0 unspecified atom stereocenters. The molecule has 0 aliphatic carbocycles. The molecule has 0 saturated carbocycles. The SMILES string of the molecule is Cc1ccc(F)cc1COc1cc(C(=O)O)ccc1I. The third-order valence-corrected chi connectivity index (χ3v) is 3.76. The van der Waals surface area contributed by atoms with Gasteiger partial charge in [-0.15, -0.1) is 0 Å². The lowest BCUT2D eigenvalue weighted by atomic mass is 10.1. The summed E-state index contributed by atoms with van der Waals surface area (Å²) in [6.07, 6.45) is 0. The molecule has 0 bridgehead atoms. The van der Waals surface area contributed by atoms with Crippen LogP contribution in [0.3, 0.4) is 0 Å². The van der Waals surface area contributed by atoms with Gasteiger partial charge in [-0.25, -0.2) is 9.18 Å². The highest BCUT2D eigenvalue weighted by atomic mass is 127. The molecule has 0 aliphatic rings. The van der Waals surface area contributed by atoms with E-state index in [1.54, 1.807) is 12.1 Å². The van der Waals surface area contributed by atoms with Crippen LogP contribution in [0.15, 0.2) is 36.4 Å². The molecule has 2 rings (SSSR count). The van der Waals surface area contributed by atoms with Crippen LogP contribution in [0.5, 0.6) is 5.75 Å². The lowest BCUT2D eigenvalue weighted by Crippen LogP contribution is -2.02. The summed E-state index contributed by atoms with van der Waals surface area (Å²) < 4.78 is 19.6. The minimum Gasteiger partial charge on any atom is -0.488 e. The Kier molecular flexibility index (Phi) is 4.59. The van der Waals surface area contributed by atoms with E-state index in [-0.39, 0.29) is 18.0 Å². The number of ether oxygens (including phenoxy) is 1. The summed E-state index contributed by atoms with van der Waals surface area (Å²) in [5.74, 6) is -0.842. The van der Waals surface area contributed by atoms with E-state index in [0.29, 0.717) is 5.75 Å². The van der Waals surface area contributed by atoms with Gasteiger partial charge in [0, 0.05) is 0 Å². The first kappa shape index (κ1) is 14.8. The van der Waals surface area contributed by atoms with Crippen molar-refractivity contribution in [3.8, 4) is 5.75 Å². The molecule has 5 heteroatoms. The van der Waals surface area contributed by atoms with Gasteiger partial charge >= 0.3 is 5.97 Å². The zero-order valence-corrected chi connectivity index (χ0v) is 12.8. The van der Waals surface area contributed by atoms with Gasteiger partial charge in [0.1, 0.15) is 18.2 Å². The van der Waals surface area contributed by atoms with E-state index in [1.807, 2.05) is 6.92 Å². The van der Waals surface area contributed by atoms with Gasteiger partial charge in [0.25, 0.3) is 0 Å². The molecule has 0 fully saturated rings. The molecule has 104 valence electrons. The summed E-state index contributed by atoms with van der Waals surface area (Å²) in [5.41, 5.74) is 1.83. The van der Waals surface area contributed by atoms with Crippen molar-refractivity contribution in [1.82, 2.24) is 0 Å². The average Bonchev–Trinajstić information content (AvgIpc) is 2.41. The average molecular weight is 386 g/mol. The van der Waals surface area contributed by atoms with Crippen LogP contribution in [0.4, 0.5) is 4.39 Å². The van der Waals surface area contributed by atoms with Gasteiger partial charge in [0.15, 0.2) is 0 Å².